The number of hydrogen-bond acceptors (Lipinski definition) is 1. The number of hydrogen-bond donors (Lipinski definition) is 1. The second-order valence-corrected chi connectivity index (χ2v) is 5.28. The molecule has 0 radical (unpaired) electrons. The van der Waals surface area contributed by atoms with Crippen LogP contribution >= 0.6 is 23.2 Å². The van der Waals surface area contributed by atoms with Crippen molar-refractivity contribution in [2.24, 2.45) is 0 Å². The lowest BCUT2D eigenvalue weighted by Crippen LogP contribution is -2.19. The Bertz CT molecular complexity index is 644. The van der Waals surface area contributed by atoms with Crippen LogP contribution in [-0.2, 0) is 0 Å². The molecule has 2 aromatic rings. The van der Waals surface area contributed by atoms with Crippen LogP contribution in [0, 0.1) is 18.6 Å². The van der Waals surface area contributed by atoms with Crippen LogP contribution in [-0.4, -0.2) is 7.05 Å². The van der Waals surface area contributed by atoms with Crippen LogP contribution in [0.3, 0.4) is 0 Å². The van der Waals surface area contributed by atoms with Crippen LogP contribution in [0.2, 0.25) is 10.0 Å². The average Bonchev–Trinajstić information content (AvgIpc) is 2.41. The van der Waals surface area contributed by atoms with E-state index in [4.69, 9.17) is 23.2 Å². The third-order valence-corrected chi connectivity index (χ3v) is 4.00. The molecule has 0 amide bonds. The van der Waals surface area contributed by atoms with Gasteiger partial charge in [-0.05, 0) is 48.9 Å². The summed E-state index contributed by atoms with van der Waals surface area (Å²) in [5.74, 6) is -1.89. The summed E-state index contributed by atoms with van der Waals surface area (Å²) in [6.07, 6.45) is 0. The van der Waals surface area contributed by atoms with E-state index < -0.39 is 11.6 Å². The molecule has 1 nitrogen and oxygen atoms in total. The van der Waals surface area contributed by atoms with Crippen LogP contribution in [0.25, 0.3) is 0 Å². The Hall–Kier alpha value is -1.16. The van der Waals surface area contributed by atoms with E-state index >= 15 is 0 Å². The molecule has 0 fully saturated rings. The van der Waals surface area contributed by atoms with Crippen LogP contribution in [0.1, 0.15) is 22.7 Å². The van der Waals surface area contributed by atoms with Crippen molar-refractivity contribution >= 4 is 23.2 Å². The van der Waals surface area contributed by atoms with Crippen molar-refractivity contribution in [3.05, 3.63) is 68.7 Å². The summed E-state index contributed by atoms with van der Waals surface area (Å²) in [5, 5.41) is 3.84. The van der Waals surface area contributed by atoms with E-state index in [2.05, 4.69) is 5.32 Å². The molecule has 0 saturated carbocycles. The van der Waals surface area contributed by atoms with Gasteiger partial charge in [-0.3, -0.25) is 0 Å². The standard InChI is InChI=1S/C15H13Cl2F2N/c1-8-9(4-3-5-11(8)16)15(20-2)10-6-13(18)14(19)7-12(10)17/h3-7,15,20H,1-2H3. The highest BCUT2D eigenvalue weighted by Gasteiger charge is 2.20. The number of benzene rings is 2. The first kappa shape index (κ1) is 15.2. The zero-order valence-corrected chi connectivity index (χ0v) is 12.5. The van der Waals surface area contributed by atoms with Gasteiger partial charge in [0.15, 0.2) is 11.6 Å². The largest absolute Gasteiger partial charge is 0.309 e. The summed E-state index contributed by atoms with van der Waals surface area (Å²) < 4.78 is 26.6. The molecule has 0 aromatic heterocycles. The quantitative estimate of drug-likeness (QED) is 0.795. The number of halogens is 4. The maximum absolute atomic E-state index is 13.5. The molecule has 106 valence electrons. The molecule has 5 heteroatoms. The molecular formula is C15H13Cl2F2N. The van der Waals surface area contributed by atoms with Crippen molar-refractivity contribution in [3.63, 3.8) is 0 Å². The third kappa shape index (κ3) is 2.80. The highest BCUT2D eigenvalue weighted by atomic mass is 35.5. The van der Waals surface area contributed by atoms with E-state index in [1.165, 1.54) is 0 Å². The summed E-state index contributed by atoms with van der Waals surface area (Å²) >= 11 is 12.1. The normalized spacial score (nSPS) is 12.5. The van der Waals surface area contributed by atoms with E-state index in [1.807, 2.05) is 19.1 Å². The van der Waals surface area contributed by atoms with Crippen LogP contribution in [0.5, 0.6) is 0 Å². The molecule has 2 aromatic carbocycles. The Morgan fingerprint density at radius 1 is 1.00 bits per heavy atom. The Kier molecular flexibility index (Phi) is 4.63. The van der Waals surface area contributed by atoms with E-state index in [9.17, 15) is 8.78 Å². The number of rotatable bonds is 3. The Morgan fingerprint density at radius 2 is 1.65 bits per heavy atom. The maximum atomic E-state index is 13.5. The van der Waals surface area contributed by atoms with Crippen molar-refractivity contribution in [2.45, 2.75) is 13.0 Å². The van der Waals surface area contributed by atoms with Gasteiger partial charge in [-0.15, -0.1) is 0 Å². The first-order valence-corrected chi connectivity index (χ1v) is 6.78. The monoisotopic (exact) mass is 315 g/mol. The maximum Gasteiger partial charge on any atom is 0.160 e. The fourth-order valence-corrected chi connectivity index (χ4v) is 2.62. The second kappa shape index (κ2) is 6.08. The summed E-state index contributed by atoms with van der Waals surface area (Å²) in [4.78, 5) is 0. The molecule has 1 atom stereocenters. The van der Waals surface area contributed by atoms with E-state index in [-0.39, 0.29) is 11.1 Å². The zero-order chi connectivity index (χ0) is 14.9. The molecule has 20 heavy (non-hydrogen) atoms. The Balaban J connectivity index is 2.58. The van der Waals surface area contributed by atoms with Gasteiger partial charge in [-0.25, -0.2) is 8.78 Å². The fourth-order valence-electron chi connectivity index (χ4n) is 2.17. The van der Waals surface area contributed by atoms with Crippen molar-refractivity contribution < 1.29 is 8.78 Å². The minimum atomic E-state index is -0.962. The minimum Gasteiger partial charge on any atom is -0.309 e. The predicted molar refractivity (Wildman–Crippen MR) is 78.5 cm³/mol. The number of nitrogens with one attached hydrogen (secondary N) is 1. The fraction of sp³-hybridized carbons (Fsp3) is 0.200. The van der Waals surface area contributed by atoms with Gasteiger partial charge in [0.1, 0.15) is 0 Å². The van der Waals surface area contributed by atoms with Gasteiger partial charge in [-0.1, -0.05) is 35.3 Å². The van der Waals surface area contributed by atoms with Gasteiger partial charge < -0.3 is 5.32 Å². The molecule has 0 heterocycles. The Labute approximate surface area is 126 Å². The summed E-state index contributed by atoms with van der Waals surface area (Å²) in [6.45, 7) is 1.87. The zero-order valence-electron chi connectivity index (χ0n) is 11.0. The second-order valence-electron chi connectivity index (χ2n) is 4.46. The highest BCUT2D eigenvalue weighted by molar-refractivity contribution is 6.32. The third-order valence-electron chi connectivity index (χ3n) is 3.26. The lowest BCUT2D eigenvalue weighted by molar-refractivity contribution is 0.505. The highest BCUT2D eigenvalue weighted by Crippen LogP contribution is 2.33. The molecule has 0 aliphatic rings. The SMILES string of the molecule is CNC(c1cc(F)c(F)cc1Cl)c1cccc(Cl)c1C. The molecule has 0 spiro atoms. The van der Waals surface area contributed by atoms with Gasteiger partial charge in [0.05, 0.1) is 6.04 Å². The lowest BCUT2D eigenvalue weighted by atomic mass is 9.95. The van der Waals surface area contributed by atoms with Crippen LogP contribution in [0.4, 0.5) is 8.78 Å². The molecule has 0 aliphatic carbocycles. The van der Waals surface area contributed by atoms with Gasteiger partial charge in [0, 0.05) is 10.0 Å². The average molecular weight is 316 g/mol. The van der Waals surface area contributed by atoms with Gasteiger partial charge >= 0.3 is 0 Å². The molecule has 1 unspecified atom stereocenters. The van der Waals surface area contributed by atoms with Crippen LogP contribution < -0.4 is 5.32 Å². The molecule has 0 saturated heterocycles. The summed E-state index contributed by atoms with van der Waals surface area (Å²) in [7, 11) is 1.72. The van der Waals surface area contributed by atoms with Crippen LogP contribution in [0.15, 0.2) is 30.3 Å². The van der Waals surface area contributed by atoms with Crippen molar-refractivity contribution in [2.75, 3.05) is 7.05 Å². The smallest absolute Gasteiger partial charge is 0.160 e. The Morgan fingerprint density at radius 3 is 2.30 bits per heavy atom. The van der Waals surface area contributed by atoms with Crippen molar-refractivity contribution in [1.82, 2.24) is 5.32 Å². The van der Waals surface area contributed by atoms with E-state index in [0.717, 1.165) is 23.3 Å². The van der Waals surface area contributed by atoms with Gasteiger partial charge in [0.25, 0.3) is 0 Å². The topological polar surface area (TPSA) is 12.0 Å². The van der Waals surface area contributed by atoms with E-state index in [1.54, 1.807) is 13.1 Å². The first-order chi connectivity index (χ1) is 9.45. The van der Waals surface area contributed by atoms with Gasteiger partial charge in [-0.2, -0.15) is 0 Å². The van der Waals surface area contributed by atoms with Gasteiger partial charge in [0.2, 0.25) is 0 Å². The minimum absolute atomic E-state index is 0.169. The molecule has 0 bridgehead atoms. The molecular weight excluding hydrogens is 303 g/mol. The summed E-state index contributed by atoms with van der Waals surface area (Å²) in [5.41, 5.74) is 2.21. The molecule has 1 N–H and O–H groups in total. The van der Waals surface area contributed by atoms with Crippen molar-refractivity contribution in [1.29, 1.82) is 0 Å². The first-order valence-electron chi connectivity index (χ1n) is 6.02. The molecule has 2 rings (SSSR count). The van der Waals surface area contributed by atoms with E-state index in [0.29, 0.717) is 10.6 Å². The lowest BCUT2D eigenvalue weighted by Gasteiger charge is -2.21. The molecule has 0 aliphatic heterocycles. The van der Waals surface area contributed by atoms with Crippen molar-refractivity contribution in [3.8, 4) is 0 Å². The predicted octanol–water partition coefficient (Wildman–Crippen LogP) is 4.89. The summed E-state index contributed by atoms with van der Waals surface area (Å²) in [6, 6.07) is 7.19.